The van der Waals surface area contributed by atoms with Crippen LogP contribution in [-0.4, -0.2) is 6.61 Å². The van der Waals surface area contributed by atoms with E-state index in [1.807, 2.05) is 43.3 Å². The lowest BCUT2D eigenvalue weighted by molar-refractivity contribution is 0.355. The predicted octanol–water partition coefficient (Wildman–Crippen LogP) is 3.05. The first-order chi connectivity index (χ1) is 7.29. The number of hydrogen-bond donors (Lipinski definition) is 1. The van der Waals surface area contributed by atoms with Gasteiger partial charge in [0, 0.05) is 11.6 Å². The Morgan fingerprint density at radius 2 is 2.13 bits per heavy atom. The second kappa shape index (κ2) is 6.25. The Kier molecular flexibility index (Phi) is 4.91. The minimum atomic E-state index is 0.0619. The first kappa shape index (κ1) is 11.8. The average Bonchev–Trinajstić information content (AvgIpc) is 2.29. The standard InChI is InChI=1S/C13H19NO/c1-3-5-10-15-13-9-7-6-8-11(13)12(14)4-2/h3,5-9,12H,4,10,14H2,1-2H3/t12-/m1/s1. The SMILES string of the molecule is CC=CCOc1ccccc1[C@H](N)CC. The van der Waals surface area contributed by atoms with E-state index in [2.05, 4.69) is 6.92 Å². The molecule has 0 aromatic heterocycles. The van der Waals surface area contributed by atoms with Crippen LogP contribution in [0.4, 0.5) is 0 Å². The quantitative estimate of drug-likeness (QED) is 0.750. The lowest BCUT2D eigenvalue weighted by atomic mass is 10.0. The highest BCUT2D eigenvalue weighted by Gasteiger charge is 2.08. The summed E-state index contributed by atoms with van der Waals surface area (Å²) in [6, 6.07) is 8.02. The van der Waals surface area contributed by atoms with E-state index in [0.717, 1.165) is 17.7 Å². The molecule has 82 valence electrons. The van der Waals surface area contributed by atoms with Crippen molar-refractivity contribution in [2.24, 2.45) is 5.73 Å². The summed E-state index contributed by atoms with van der Waals surface area (Å²) >= 11 is 0. The van der Waals surface area contributed by atoms with Gasteiger partial charge in [-0.3, -0.25) is 0 Å². The van der Waals surface area contributed by atoms with Crippen LogP contribution >= 0.6 is 0 Å². The van der Waals surface area contributed by atoms with Gasteiger partial charge < -0.3 is 10.5 Å². The Morgan fingerprint density at radius 1 is 1.40 bits per heavy atom. The van der Waals surface area contributed by atoms with Gasteiger partial charge in [-0.25, -0.2) is 0 Å². The number of hydrogen-bond acceptors (Lipinski definition) is 2. The molecule has 0 heterocycles. The lowest BCUT2D eigenvalue weighted by Crippen LogP contribution is -2.10. The molecule has 2 N–H and O–H groups in total. The summed E-state index contributed by atoms with van der Waals surface area (Å²) in [6.07, 6.45) is 4.88. The fourth-order valence-corrected chi connectivity index (χ4v) is 1.37. The summed E-state index contributed by atoms with van der Waals surface area (Å²) in [5.41, 5.74) is 7.09. The van der Waals surface area contributed by atoms with Crippen molar-refractivity contribution in [2.75, 3.05) is 6.61 Å². The molecule has 1 aromatic rings. The highest BCUT2D eigenvalue weighted by molar-refractivity contribution is 5.35. The zero-order valence-electron chi connectivity index (χ0n) is 9.44. The third kappa shape index (κ3) is 3.40. The van der Waals surface area contributed by atoms with Gasteiger partial charge in [0.25, 0.3) is 0 Å². The van der Waals surface area contributed by atoms with Crippen LogP contribution in [0.5, 0.6) is 5.75 Å². The molecule has 0 bridgehead atoms. The van der Waals surface area contributed by atoms with E-state index < -0.39 is 0 Å². The zero-order valence-corrected chi connectivity index (χ0v) is 9.44. The number of nitrogens with two attached hydrogens (primary N) is 1. The molecule has 2 nitrogen and oxygen atoms in total. The molecule has 0 radical (unpaired) electrons. The van der Waals surface area contributed by atoms with Crippen LogP contribution in [0.25, 0.3) is 0 Å². The molecule has 0 spiro atoms. The molecule has 0 fully saturated rings. The van der Waals surface area contributed by atoms with Gasteiger partial charge >= 0.3 is 0 Å². The second-order valence-corrected chi connectivity index (χ2v) is 3.43. The van der Waals surface area contributed by atoms with Crippen molar-refractivity contribution >= 4 is 0 Å². The Labute approximate surface area is 91.7 Å². The molecule has 1 atom stereocenters. The average molecular weight is 205 g/mol. The third-order valence-electron chi connectivity index (χ3n) is 2.33. The summed E-state index contributed by atoms with van der Waals surface area (Å²) in [4.78, 5) is 0. The fraction of sp³-hybridized carbons (Fsp3) is 0.385. The Morgan fingerprint density at radius 3 is 2.80 bits per heavy atom. The highest BCUT2D eigenvalue weighted by atomic mass is 16.5. The van der Waals surface area contributed by atoms with E-state index in [4.69, 9.17) is 10.5 Å². The van der Waals surface area contributed by atoms with Gasteiger partial charge in [-0.15, -0.1) is 0 Å². The van der Waals surface area contributed by atoms with E-state index >= 15 is 0 Å². The predicted molar refractivity (Wildman–Crippen MR) is 64.0 cm³/mol. The molecule has 0 aliphatic carbocycles. The highest BCUT2D eigenvalue weighted by Crippen LogP contribution is 2.25. The molecule has 0 saturated carbocycles. The fourth-order valence-electron chi connectivity index (χ4n) is 1.37. The molecule has 0 unspecified atom stereocenters. The molecule has 0 saturated heterocycles. The Balaban J connectivity index is 2.76. The van der Waals surface area contributed by atoms with Gasteiger partial charge in [-0.2, -0.15) is 0 Å². The molecule has 0 aliphatic rings. The number of benzene rings is 1. The van der Waals surface area contributed by atoms with Crippen LogP contribution in [-0.2, 0) is 0 Å². The van der Waals surface area contributed by atoms with Gasteiger partial charge in [0.05, 0.1) is 0 Å². The summed E-state index contributed by atoms with van der Waals surface area (Å²) in [6.45, 7) is 4.66. The lowest BCUT2D eigenvalue weighted by Gasteiger charge is -2.14. The molecule has 0 aliphatic heterocycles. The van der Waals surface area contributed by atoms with Crippen molar-refractivity contribution in [3.05, 3.63) is 42.0 Å². The van der Waals surface area contributed by atoms with Crippen molar-refractivity contribution < 1.29 is 4.74 Å². The first-order valence-electron chi connectivity index (χ1n) is 5.38. The third-order valence-corrected chi connectivity index (χ3v) is 2.33. The topological polar surface area (TPSA) is 35.2 Å². The summed E-state index contributed by atoms with van der Waals surface area (Å²) in [5.74, 6) is 0.893. The maximum Gasteiger partial charge on any atom is 0.124 e. The van der Waals surface area contributed by atoms with E-state index in [0.29, 0.717) is 6.61 Å². The monoisotopic (exact) mass is 205 g/mol. The molecule has 1 rings (SSSR count). The molecule has 1 aromatic carbocycles. The van der Waals surface area contributed by atoms with Crippen molar-refractivity contribution in [1.29, 1.82) is 0 Å². The van der Waals surface area contributed by atoms with Crippen molar-refractivity contribution in [3.63, 3.8) is 0 Å². The number of ether oxygens (including phenoxy) is 1. The maximum absolute atomic E-state index is 6.00. The number of rotatable bonds is 5. The molecule has 0 amide bonds. The summed E-state index contributed by atoms with van der Waals surface area (Å²) < 4.78 is 5.63. The van der Waals surface area contributed by atoms with E-state index in [1.54, 1.807) is 0 Å². The smallest absolute Gasteiger partial charge is 0.124 e. The number of para-hydroxylation sites is 1. The van der Waals surface area contributed by atoms with Gasteiger partial charge in [0.1, 0.15) is 12.4 Å². The maximum atomic E-state index is 6.00. The minimum Gasteiger partial charge on any atom is -0.489 e. The van der Waals surface area contributed by atoms with Crippen LogP contribution in [0.15, 0.2) is 36.4 Å². The zero-order chi connectivity index (χ0) is 11.1. The second-order valence-electron chi connectivity index (χ2n) is 3.43. The first-order valence-corrected chi connectivity index (χ1v) is 5.38. The largest absolute Gasteiger partial charge is 0.489 e. The van der Waals surface area contributed by atoms with E-state index in [1.165, 1.54) is 0 Å². The van der Waals surface area contributed by atoms with Gasteiger partial charge in [-0.1, -0.05) is 37.3 Å². The number of allylic oxidation sites excluding steroid dienone is 1. The van der Waals surface area contributed by atoms with E-state index in [-0.39, 0.29) is 6.04 Å². The Bertz CT molecular complexity index is 320. The Hall–Kier alpha value is -1.28. The van der Waals surface area contributed by atoms with Gasteiger partial charge in [0.15, 0.2) is 0 Å². The van der Waals surface area contributed by atoms with Crippen LogP contribution in [0.3, 0.4) is 0 Å². The van der Waals surface area contributed by atoms with Crippen LogP contribution in [0.1, 0.15) is 31.9 Å². The van der Waals surface area contributed by atoms with Gasteiger partial charge in [0.2, 0.25) is 0 Å². The van der Waals surface area contributed by atoms with Crippen LogP contribution in [0.2, 0.25) is 0 Å². The normalized spacial score (nSPS) is 13.0. The molecule has 15 heavy (non-hydrogen) atoms. The van der Waals surface area contributed by atoms with Crippen molar-refractivity contribution in [3.8, 4) is 5.75 Å². The van der Waals surface area contributed by atoms with Crippen LogP contribution in [0, 0.1) is 0 Å². The summed E-state index contributed by atoms with van der Waals surface area (Å²) in [5, 5.41) is 0. The van der Waals surface area contributed by atoms with Crippen molar-refractivity contribution in [2.45, 2.75) is 26.3 Å². The molecule has 2 heteroatoms. The minimum absolute atomic E-state index is 0.0619. The summed E-state index contributed by atoms with van der Waals surface area (Å²) in [7, 11) is 0. The molecular formula is C13H19NO. The van der Waals surface area contributed by atoms with E-state index in [9.17, 15) is 0 Å². The van der Waals surface area contributed by atoms with Crippen molar-refractivity contribution in [1.82, 2.24) is 0 Å². The van der Waals surface area contributed by atoms with Gasteiger partial charge in [-0.05, 0) is 19.4 Å². The molecular weight excluding hydrogens is 186 g/mol. The van der Waals surface area contributed by atoms with Crippen LogP contribution < -0.4 is 10.5 Å².